The van der Waals surface area contributed by atoms with E-state index in [-0.39, 0.29) is 0 Å². The van der Waals surface area contributed by atoms with Crippen molar-refractivity contribution in [2.75, 3.05) is 7.11 Å². The number of hydrogen-bond donors (Lipinski definition) is 0. The zero-order valence-electron chi connectivity index (χ0n) is 20.6. The van der Waals surface area contributed by atoms with Crippen molar-refractivity contribution in [1.82, 2.24) is 4.57 Å². The van der Waals surface area contributed by atoms with Gasteiger partial charge in [0.15, 0.2) is 0 Å². The number of fused-ring (bicyclic) bond motifs is 1. The normalized spacial score (nSPS) is 11.4. The van der Waals surface area contributed by atoms with E-state index in [4.69, 9.17) is 49.0 Å². The number of nitrogens with zero attached hydrogens (tertiary/aromatic N) is 1. The van der Waals surface area contributed by atoms with E-state index in [1.165, 1.54) is 7.11 Å². The van der Waals surface area contributed by atoms with Crippen LogP contribution < -0.4 is 4.74 Å². The van der Waals surface area contributed by atoms with Gasteiger partial charge in [0.2, 0.25) is 0 Å². The molecule has 0 saturated heterocycles. The zero-order valence-corrected chi connectivity index (χ0v) is 22.9. The molecule has 0 aliphatic rings. The summed E-state index contributed by atoms with van der Waals surface area (Å²) in [5.74, 6) is -0.0251. The predicted octanol–water partition coefficient (Wildman–Crippen LogP) is 8.18. The second kappa shape index (κ2) is 10.7. The molecule has 0 amide bonds. The molecule has 37 heavy (non-hydrogen) atoms. The van der Waals surface area contributed by atoms with Gasteiger partial charge in [-0.15, -0.1) is 0 Å². The second-order valence-electron chi connectivity index (χ2n) is 9.32. The van der Waals surface area contributed by atoms with Crippen LogP contribution in [0.4, 0.5) is 0 Å². The molecule has 0 atom stereocenters. The molecule has 0 aliphatic carbocycles. The summed E-state index contributed by atoms with van der Waals surface area (Å²) in [6.07, 6.45) is 0. The van der Waals surface area contributed by atoms with E-state index in [9.17, 15) is 9.59 Å². The minimum absolute atomic E-state index is 0.315. The quantitative estimate of drug-likeness (QED) is 0.222. The van der Waals surface area contributed by atoms with Crippen molar-refractivity contribution in [3.05, 3.63) is 92.6 Å². The highest BCUT2D eigenvalue weighted by Gasteiger charge is 2.21. The first-order chi connectivity index (χ1) is 17.4. The Morgan fingerprint density at radius 2 is 1.57 bits per heavy atom. The number of carbonyl (C=O) groups excluding carboxylic acids is 2. The first kappa shape index (κ1) is 26.9. The monoisotopic (exact) mass is 559 g/mol. The van der Waals surface area contributed by atoms with Gasteiger partial charge < -0.3 is 18.8 Å². The molecular weight excluding hydrogens is 537 g/mol. The number of benzene rings is 3. The van der Waals surface area contributed by atoms with E-state index >= 15 is 0 Å². The maximum Gasteiger partial charge on any atom is 0.354 e. The smallest absolute Gasteiger partial charge is 0.354 e. The first-order valence-corrected chi connectivity index (χ1v) is 12.4. The van der Waals surface area contributed by atoms with Crippen LogP contribution in [0.15, 0.2) is 60.7 Å². The number of aromatic nitrogens is 1. The van der Waals surface area contributed by atoms with Gasteiger partial charge in [-0.2, -0.15) is 0 Å². The highest BCUT2D eigenvalue weighted by atomic mass is 35.5. The number of carbonyl (C=O) groups is 2. The van der Waals surface area contributed by atoms with Crippen LogP contribution in [-0.4, -0.2) is 29.2 Å². The summed E-state index contributed by atoms with van der Waals surface area (Å²) in [4.78, 5) is 25.1. The summed E-state index contributed by atoms with van der Waals surface area (Å²) in [6.45, 7) is 5.76. The summed E-state index contributed by atoms with van der Waals surface area (Å²) in [5, 5.41) is 1.82. The van der Waals surface area contributed by atoms with Crippen molar-refractivity contribution >= 4 is 57.6 Å². The molecule has 0 bridgehead atoms. The average molecular weight is 561 g/mol. The van der Waals surface area contributed by atoms with Crippen molar-refractivity contribution < 1.29 is 23.8 Å². The van der Waals surface area contributed by atoms with Crippen LogP contribution in [0.3, 0.4) is 0 Å². The minimum atomic E-state index is -0.592. The van der Waals surface area contributed by atoms with Crippen LogP contribution in [-0.2, 0) is 16.0 Å². The van der Waals surface area contributed by atoms with E-state index in [1.807, 2.05) is 32.9 Å². The summed E-state index contributed by atoms with van der Waals surface area (Å²) in [5.41, 5.74) is 1.67. The third kappa shape index (κ3) is 6.21. The Balaban J connectivity index is 1.73. The van der Waals surface area contributed by atoms with E-state index in [2.05, 4.69) is 0 Å². The Hall–Kier alpha value is -3.19. The largest absolute Gasteiger partial charge is 0.464 e. The van der Waals surface area contributed by atoms with Gasteiger partial charge >= 0.3 is 11.9 Å². The standard InChI is InChI=1S/C28H24Cl3NO5/c1-28(2,3)37-26(33)17-7-5-16(6-8-17)15-32-23-11-18(29)12-25(20(23)14-24(32)27(34)35-4)36-19-9-10-21(30)22(31)13-19/h5-14H,15H2,1-4H3. The number of methoxy groups -OCH3 is 1. The van der Waals surface area contributed by atoms with Crippen molar-refractivity contribution in [3.8, 4) is 11.5 Å². The third-order valence-electron chi connectivity index (χ3n) is 5.39. The van der Waals surface area contributed by atoms with Crippen LogP contribution in [0.5, 0.6) is 11.5 Å². The first-order valence-electron chi connectivity index (χ1n) is 11.3. The summed E-state index contributed by atoms with van der Waals surface area (Å²) in [6, 6.07) is 17.0. The number of hydrogen-bond acceptors (Lipinski definition) is 5. The van der Waals surface area contributed by atoms with E-state index < -0.39 is 17.5 Å². The fraction of sp³-hybridized carbons (Fsp3) is 0.214. The SMILES string of the molecule is COC(=O)c1cc2c(Oc3ccc(Cl)c(Cl)c3)cc(Cl)cc2n1Cc1ccc(C(=O)OC(C)(C)C)cc1. The van der Waals surface area contributed by atoms with Crippen molar-refractivity contribution in [1.29, 1.82) is 0 Å². The van der Waals surface area contributed by atoms with Gasteiger partial charge in [0.1, 0.15) is 22.8 Å². The van der Waals surface area contributed by atoms with Crippen molar-refractivity contribution in [2.45, 2.75) is 32.9 Å². The average Bonchev–Trinajstić information content (AvgIpc) is 3.18. The molecular formula is C28H24Cl3NO5. The van der Waals surface area contributed by atoms with Crippen LogP contribution in [0.2, 0.25) is 15.1 Å². The molecule has 9 heteroatoms. The van der Waals surface area contributed by atoms with E-state index in [0.29, 0.717) is 55.3 Å². The Bertz CT molecular complexity index is 1490. The lowest BCUT2D eigenvalue weighted by Gasteiger charge is -2.19. The molecule has 0 unspecified atom stereocenters. The molecule has 0 fully saturated rings. The van der Waals surface area contributed by atoms with E-state index in [1.54, 1.807) is 53.1 Å². The summed E-state index contributed by atoms with van der Waals surface area (Å²) in [7, 11) is 1.32. The Labute approximate surface area is 229 Å². The number of halogens is 3. The summed E-state index contributed by atoms with van der Waals surface area (Å²) < 4.78 is 18.3. The molecule has 192 valence electrons. The topological polar surface area (TPSA) is 66.8 Å². The highest BCUT2D eigenvalue weighted by Crippen LogP contribution is 2.37. The van der Waals surface area contributed by atoms with Gasteiger partial charge in [0.05, 0.1) is 28.2 Å². The molecule has 0 saturated carbocycles. The number of rotatable bonds is 6. The molecule has 3 aromatic carbocycles. The van der Waals surface area contributed by atoms with Gasteiger partial charge in [-0.25, -0.2) is 9.59 Å². The van der Waals surface area contributed by atoms with Gasteiger partial charge in [0.25, 0.3) is 0 Å². The lowest BCUT2D eigenvalue weighted by molar-refractivity contribution is 0.00693. The molecule has 0 aliphatic heterocycles. The van der Waals surface area contributed by atoms with Gasteiger partial charge in [-0.05, 0) is 62.7 Å². The second-order valence-corrected chi connectivity index (χ2v) is 10.6. The maximum atomic E-state index is 12.7. The molecule has 4 aromatic rings. The molecule has 0 spiro atoms. The zero-order chi connectivity index (χ0) is 26.9. The molecule has 6 nitrogen and oxygen atoms in total. The lowest BCUT2D eigenvalue weighted by Crippen LogP contribution is -2.23. The molecule has 0 N–H and O–H groups in total. The predicted molar refractivity (Wildman–Crippen MR) is 146 cm³/mol. The number of ether oxygens (including phenoxy) is 3. The van der Waals surface area contributed by atoms with Crippen molar-refractivity contribution in [3.63, 3.8) is 0 Å². The maximum absolute atomic E-state index is 12.7. The highest BCUT2D eigenvalue weighted by molar-refractivity contribution is 6.42. The lowest BCUT2D eigenvalue weighted by atomic mass is 10.1. The van der Waals surface area contributed by atoms with E-state index in [0.717, 1.165) is 5.56 Å². The Morgan fingerprint density at radius 1 is 0.865 bits per heavy atom. The van der Waals surface area contributed by atoms with Crippen LogP contribution in [0.1, 0.15) is 47.2 Å². The van der Waals surface area contributed by atoms with Gasteiger partial charge in [-0.1, -0.05) is 46.9 Å². The third-order valence-corrected chi connectivity index (χ3v) is 6.35. The summed E-state index contributed by atoms with van der Waals surface area (Å²) >= 11 is 18.6. The van der Waals surface area contributed by atoms with Crippen LogP contribution >= 0.6 is 34.8 Å². The molecule has 4 rings (SSSR count). The number of esters is 2. The molecule has 0 radical (unpaired) electrons. The fourth-order valence-corrected chi connectivity index (χ4v) is 4.24. The fourth-order valence-electron chi connectivity index (χ4n) is 3.75. The van der Waals surface area contributed by atoms with Gasteiger partial charge in [-0.3, -0.25) is 0 Å². The van der Waals surface area contributed by atoms with Crippen LogP contribution in [0, 0.1) is 0 Å². The molecule has 1 aromatic heterocycles. The van der Waals surface area contributed by atoms with Crippen LogP contribution in [0.25, 0.3) is 10.9 Å². The molecule has 1 heterocycles. The van der Waals surface area contributed by atoms with Crippen molar-refractivity contribution in [2.24, 2.45) is 0 Å². The Morgan fingerprint density at radius 3 is 2.19 bits per heavy atom. The minimum Gasteiger partial charge on any atom is -0.464 e. The van der Waals surface area contributed by atoms with Gasteiger partial charge in [0, 0.05) is 29.1 Å². The Kier molecular flexibility index (Phi) is 7.74.